The van der Waals surface area contributed by atoms with Crippen molar-refractivity contribution < 1.29 is 18.4 Å². The summed E-state index contributed by atoms with van der Waals surface area (Å²) < 4.78 is 24.8. The first-order chi connectivity index (χ1) is 15.0. The van der Waals surface area contributed by atoms with Crippen molar-refractivity contribution in [1.82, 2.24) is 15.1 Å². The maximum Gasteiger partial charge on any atom is 0.248 e. The average molecular weight is 418 g/mol. The van der Waals surface area contributed by atoms with E-state index in [0.717, 1.165) is 0 Å². The minimum Gasteiger partial charge on any atom is -0.497 e. The molecule has 4 rings (SSSR count). The fourth-order valence-corrected chi connectivity index (χ4v) is 3.28. The van der Waals surface area contributed by atoms with E-state index in [2.05, 4.69) is 15.1 Å². The third-order valence-corrected chi connectivity index (χ3v) is 4.77. The Balaban J connectivity index is 1.96. The zero-order valence-corrected chi connectivity index (χ0v) is 17.2. The maximum atomic E-state index is 13.8. The van der Waals surface area contributed by atoms with Crippen molar-refractivity contribution in [1.29, 1.82) is 0 Å². The monoisotopic (exact) mass is 418 g/mol. The lowest BCUT2D eigenvalue weighted by atomic mass is 10.0. The van der Waals surface area contributed by atoms with Gasteiger partial charge in [0.25, 0.3) is 0 Å². The summed E-state index contributed by atoms with van der Waals surface area (Å²) >= 11 is 0. The SMILES string of the molecule is COc1cccc(N(C(C)=O)c2onc(-c3ccc(F)c(C)c3)c2-c2ccncn2)c1. The summed E-state index contributed by atoms with van der Waals surface area (Å²) in [6.45, 7) is 3.09. The standard InChI is InChI=1S/C23H19FN4O3/c1-14-11-16(7-8-19(14)24)22-21(20-9-10-25-13-26-20)23(31-27-22)28(15(2)29)17-5-4-6-18(12-17)30-3/h4-13H,1-3H3. The van der Waals surface area contributed by atoms with Crippen LogP contribution in [0, 0.1) is 12.7 Å². The van der Waals surface area contributed by atoms with E-state index >= 15 is 0 Å². The van der Waals surface area contributed by atoms with E-state index in [0.29, 0.717) is 39.5 Å². The number of nitrogens with zero attached hydrogens (tertiary/aromatic N) is 4. The lowest BCUT2D eigenvalue weighted by molar-refractivity contribution is -0.116. The largest absolute Gasteiger partial charge is 0.497 e. The van der Waals surface area contributed by atoms with E-state index in [1.54, 1.807) is 62.7 Å². The van der Waals surface area contributed by atoms with Crippen LogP contribution < -0.4 is 9.64 Å². The van der Waals surface area contributed by atoms with Gasteiger partial charge in [0, 0.05) is 24.8 Å². The number of carbonyl (C=O) groups is 1. The number of hydrogen-bond donors (Lipinski definition) is 0. The molecule has 0 fully saturated rings. The van der Waals surface area contributed by atoms with Gasteiger partial charge in [-0.15, -0.1) is 0 Å². The molecule has 1 amide bonds. The van der Waals surface area contributed by atoms with E-state index in [9.17, 15) is 9.18 Å². The molecule has 0 aliphatic rings. The molecule has 2 heterocycles. The minimum absolute atomic E-state index is 0.191. The Bertz CT molecular complexity index is 1240. The highest BCUT2D eigenvalue weighted by atomic mass is 19.1. The first kappa shape index (κ1) is 20.2. The Kier molecular flexibility index (Phi) is 5.44. The molecule has 0 bridgehead atoms. The van der Waals surface area contributed by atoms with Gasteiger partial charge in [0.2, 0.25) is 11.8 Å². The van der Waals surface area contributed by atoms with Crippen LogP contribution in [0.2, 0.25) is 0 Å². The number of amides is 1. The van der Waals surface area contributed by atoms with Crippen LogP contribution in [0.15, 0.2) is 65.6 Å². The molecule has 7 nitrogen and oxygen atoms in total. The molecule has 0 N–H and O–H groups in total. The molecule has 0 saturated carbocycles. The second-order valence-corrected chi connectivity index (χ2v) is 6.83. The third-order valence-electron chi connectivity index (χ3n) is 4.77. The van der Waals surface area contributed by atoms with E-state index in [1.165, 1.54) is 24.2 Å². The van der Waals surface area contributed by atoms with Gasteiger partial charge in [-0.1, -0.05) is 11.2 Å². The third kappa shape index (κ3) is 3.87. The van der Waals surface area contributed by atoms with Crippen molar-refractivity contribution in [3.8, 4) is 28.3 Å². The summed E-state index contributed by atoms with van der Waals surface area (Å²) in [5.41, 5.74) is 3.08. The Labute approximate surface area is 178 Å². The predicted octanol–water partition coefficient (Wildman–Crippen LogP) is 4.94. The van der Waals surface area contributed by atoms with Crippen LogP contribution in [0.1, 0.15) is 12.5 Å². The van der Waals surface area contributed by atoms with Gasteiger partial charge < -0.3 is 9.26 Å². The Hall–Kier alpha value is -4.07. The van der Waals surface area contributed by atoms with E-state index in [-0.39, 0.29) is 17.6 Å². The summed E-state index contributed by atoms with van der Waals surface area (Å²) in [5.74, 6) is 0.164. The molecule has 0 aliphatic heterocycles. The molecular formula is C23H19FN4O3. The van der Waals surface area contributed by atoms with Crippen LogP contribution in [0.5, 0.6) is 5.75 Å². The first-order valence-corrected chi connectivity index (χ1v) is 9.47. The number of hydrogen-bond acceptors (Lipinski definition) is 6. The highest BCUT2D eigenvalue weighted by Gasteiger charge is 2.28. The van der Waals surface area contributed by atoms with Gasteiger partial charge in [0.05, 0.1) is 24.1 Å². The fourth-order valence-electron chi connectivity index (χ4n) is 3.28. The van der Waals surface area contributed by atoms with Gasteiger partial charge in [0.15, 0.2) is 0 Å². The molecular weight excluding hydrogens is 399 g/mol. The smallest absolute Gasteiger partial charge is 0.248 e. The quantitative estimate of drug-likeness (QED) is 0.457. The van der Waals surface area contributed by atoms with Gasteiger partial charge >= 0.3 is 0 Å². The molecule has 2 aromatic heterocycles. The maximum absolute atomic E-state index is 13.8. The number of anilines is 2. The van der Waals surface area contributed by atoms with Crippen molar-refractivity contribution >= 4 is 17.5 Å². The summed E-state index contributed by atoms with van der Waals surface area (Å²) in [7, 11) is 1.55. The zero-order chi connectivity index (χ0) is 22.0. The molecule has 0 saturated heterocycles. The molecule has 0 unspecified atom stereocenters. The number of benzene rings is 2. The van der Waals surface area contributed by atoms with Gasteiger partial charge in [0.1, 0.15) is 23.6 Å². The topological polar surface area (TPSA) is 81.4 Å². The highest BCUT2D eigenvalue weighted by Crippen LogP contribution is 2.42. The predicted molar refractivity (Wildman–Crippen MR) is 113 cm³/mol. The summed E-state index contributed by atoms with van der Waals surface area (Å²) in [4.78, 5) is 22.4. The normalized spacial score (nSPS) is 10.7. The first-order valence-electron chi connectivity index (χ1n) is 9.47. The van der Waals surface area contributed by atoms with Crippen LogP contribution in [-0.2, 0) is 4.79 Å². The second kappa shape index (κ2) is 8.35. The molecule has 4 aromatic rings. The summed E-state index contributed by atoms with van der Waals surface area (Å²) in [6.07, 6.45) is 2.98. The van der Waals surface area contributed by atoms with Crippen molar-refractivity contribution in [2.24, 2.45) is 0 Å². The summed E-state index contributed by atoms with van der Waals surface area (Å²) in [6, 6.07) is 13.4. The average Bonchev–Trinajstić information content (AvgIpc) is 3.20. The van der Waals surface area contributed by atoms with E-state index < -0.39 is 0 Å². The lowest BCUT2D eigenvalue weighted by Crippen LogP contribution is -2.23. The number of aryl methyl sites for hydroxylation is 1. The molecule has 0 aliphatic carbocycles. The number of carbonyl (C=O) groups excluding carboxylic acids is 1. The van der Waals surface area contributed by atoms with Crippen LogP contribution in [0.4, 0.5) is 16.0 Å². The van der Waals surface area contributed by atoms with E-state index in [4.69, 9.17) is 9.26 Å². The number of halogens is 1. The fraction of sp³-hybridized carbons (Fsp3) is 0.130. The molecule has 2 aromatic carbocycles. The number of ether oxygens (including phenoxy) is 1. The Morgan fingerprint density at radius 2 is 2.00 bits per heavy atom. The van der Waals surface area contributed by atoms with Gasteiger partial charge in [-0.25, -0.2) is 19.3 Å². The van der Waals surface area contributed by atoms with Crippen LogP contribution in [-0.4, -0.2) is 28.1 Å². The number of aromatic nitrogens is 3. The van der Waals surface area contributed by atoms with Crippen LogP contribution in [0.25, 0.3) is 22.5 Å². The van der Waals surface area contributed by atoms with Crippen molar-refractivity contribution in [3.05, 3.63) is 72.4 Å². The van der Waals surface area contributed by atoms with E-state index in [1.807, 2.05) is 0 Å². The zero-order valence-electron chi connectivity index (χ0n) is 17.2. The lowest BCUT2D eigenvalue weighted by Gasteiger charge is -2.19. The molecule has 31 heavy (non-hydrogen) atoms. The number of methoxy groups -OCH3 is 1. The molecule has 8 heteroatoms. The Morgan fingerprint density at radius 3 is 2.68 bits per heavy atom. The van der Waals surface area contributed by atoms with Crippen molar-refractivity contribution in [2.75, 3.05) is 12.0 Å². The van der Waals surface area contributed by atoms with Gasteiger partial charge in [-0.2, -0.15) is 0 Å². The number of rotatable bonds is 5. The van der Waals surface area contributed by atoms with Crippen LogP contribution >= 0.6 is 0 Å². The summed E-state index contributed by atoms with van der Waals surface area (Å²) in [5, 5.41) is 4.22. The molecule has 0 atom stereocenters. The van der Waals surface area contributed by atoms with Gasteiger partial charge in [-0.05, 0) is 48.9 Å². The Morgan fingerprint density at radius 1 is 1.16 bits per heavy atom. The second-order valence-electron chi connectivity index (χ2n) is 6.83. The highest BCUT2D eigenvalue weighted by molar-refractivity contribution is 6.03. The molecule has 0 spiro atoms. The molecule has 0 radical (unpaired) electrons. The van der Waals surface area contributed by atoms with Gasteiger partial charge in [-0.3, -0.25) is 4.79 Å². The van der Waals surface area contributed by atoms with Crippen molar-refractivity contribution in [2.45, 2.75) is 13.8 Å². The molecule has 156 valence electrons. The minimum atomic E-state index is -0.321. The van der Waals surface area contributed by atoms with Crippen LogP contribution in [0.3, 0.4) is 0 Å². The van der Waals surface area contributed by atoms with Crippen molar-refractivity contribution in [3.63, 3.8) is 0 Å².